The summed E-state index contributed by atoms with van der Waals surface area (Å²) >= 11 is 0. The molecule has 1 aromatic carbocycles. The van der Waals surface area contributed by atoms with E-state index in [4.69, 9.17) is 10.5 Å². The SMILES string of the molecule is COc1ccccc1-c1nnn(CCCN)n1. The summed E-state index contributed by atoms with van der Waals surface area (Å²) in [6, 6.07) is 7.60. The fraction of sp³-hybridized carbons (Fsp3) is 0.364. The van der Waals surface area contributed by atoms with E-state index in [1.54, 1.807) is 11.9 Å². The number of hydrogen-bond donors (Lipinski definition) is 1. The zero-order valence-corrected chi connectivity index (χ0v) is 9.71. The van der Waals surface area contributed by atoms with E-state index in [0.717, 1.165) is 17.7 Å². The number of nitrogens with zero attached hydrogens (tertiary/aromatic N) is 4. The summed E-state index contributed by atoms with van der Waals surface area (Å²) in [4.78, 5) is 1.55. The van der Waals surface area contributed by atoms with Gasteiger partial charge in [-0.15, -0.1) is 10.2 Å². The largest absolute Gasteiger partial charge is 0.496 e. The van der Waals surface area contributed by atoms with Crippen molar-refractivity contribution in [3.63, 3.8) is 0 Å². The van der Waals surface area contributed by atoms with Crippen LogP contribution in [0.1, 0.15) is 6.42 Å². The third-order valence-electron chi connectivity index (χ3n) is 2.36. The van der Waals surface area contributed by atoms with Crippen molar-refractivity contribution in [1.82, 2.24) is 20.2 Å². The van der Waals surface area contributed by atoms with Gasteiger partial charge in [-0.1, -0.05) is 12.1 Å². The number of nitrogens with two attached hydrogens (primary N) is 1. The van der Waals surface area contributed by atoms with Crippen LogP contribution in [0.3, 0.4) is 0 Å². The maximum absolute atomic E-state index is 5.43. The highest BCUT2D eigenvalue weighted by atomic mass is 16.5. The van der Waals surface area contributed by atoms with Gasteiger partial charge >= 0.3 is 0 Å². The summed E-state index contributed by atoms with van der Waals surface area (Å²) < 4.78 is 5.25. The lowest BCUT2D eigenvalue weighted by atomic mass is 10.2. The Kier molecular flexibility index (Phi) is 3.66. The van der Waals surface area contributed by atoms with Crippen molar-refractivity contribution < 1.29 is 4.74 Å². The minimum absolute atomic E-state index is 0.569. The first-order valence-corrected chi connectivity index (χ1v) is 5.46. The van der Waals surface area contributed by atoms with Crippen LogP contribution < -0.4 is 10.5 Å². The minimum Gasteiger partial charge on any atom is -0.496 e. The molecule has 0 spiro atoms. The second kappa shape index (κ2) is 5.40. The van der Waals surface area contributed by atoms with E-state index < -0.39 is 0 Å². The van der Waals surface area contributed by atoms with E-state index in [1.807, 2.05) is 24.3 Å². The van der Waals surface area contributed by atoms with Gasteiger partial charge in [0.2, 0.25) is 5.82 Å². The zero-order valence-electron chi connectivity index (χ0n) is 9.71. The van der Waals surface area contributed by atoms with Gasteiger partial charge in [-0.2, -0.15) is 4.80 Å². The average molecular weight is 233 g/mol. The highest BCUT2D eigenvalue weighted by molar-refractivity contribution is 5.63. The highest BCUT2D eigenvalue weighted by Gasteiger charge is 2.10. The molecule has 0 amide bonds. The quantitative estimate of drug-likeness (QED) is 0.822. The molecular formula is C11H15N5O. The third-order valence-corrected chi connectivity index (χ3v) is 2.36. The first-order chi connectivity index (χ1) is 8.35. The third kappa shape index (κ3) is 2.59. The Labute approximate surface area is 99.4 Å². The fourth-order valence-electron chi connectivity index (χ4n) is 1.51. The monoisotopic (exact) mass is 233 g/mol. The molecule has 0 fully saturated rings. The summed E-state index contributed by atoms with van der Waals surface area (Å²) in [5, 5.41) is 12.3. The second-order valence-corrected chi connectivity index (χ2v) is 3.55. The molecule has 2 aromatic rings. The van der Waals surface area contributed by atoms with Crippen LogP contribution >= 0.6 is 0 Å². The number of para-hydroxylation sites is 1. The first-order valence-electron chi connectivity index (χ1n) is 5.46. The Morgan fingerprint density at radius 2 is 2.18 bits per heavy atom. The van der Waals surface area contributed by atoms with Crippen molar-refractivity contribution in [2.45, 2.75) is 13.0 Å². The van der Waals surface area contributed by atoms with E-state index in [-0.39, 0.29) is 0 Å². The van der Waals surface area contributed by atoms with Gasteiger partial charge in [0.15, 0.2) is 0 Å². The molecule has 0 bridgehead atoms. The van der Waals surface area contributed by atoms with Crippen molar-refractivity contribution >= 4 is 0 Å². The van der Waals surface area contributed by atoms with E-state index in [9.17, 15) is 0 Å². The Bertz CT molecular complexity index is 482. The van der Waals surface area contributed by atoms with E-state index in [0.29, 0.717) is 18.9 Å². The number of ether oxygens (including phenoxy) is 1. The Balaban J connectivity index is 2.24. The molecule has 0 aliphatic heterocycles. The van der Waals surface area contributed by atoms with Gasteiger partial charge < -0.3 is 10.5 Å². The number of aryl methyl sites for hydroxylation is 1. The lowest BCUT2D eigenvalue weighted by molar-refractivity contribution is 0.416. The fourth-order valence-corrected chi connectivity index (χ4v) is 1.51. The molecule has 1 aromatic heterocycles. The molecule has 0 radical (unpaired) electrons. The predicted octanol–water partition coefficient (Wildman–Crippen LogP) is 0.697. The Hall–Kier alpha value is -1.95. The van der Waals surface area contributed by atoms with Crippen LogP contribution in [0.15, 0.2) is 24.3 Å². The van der Waals surface area contributed by atoms with E-state index in [2.05, 4.69) is 15.4 Å². The number of aromatic nitrogens is 4. The summed E-state index contributed by atoms with van der Waals surface area (Å²) in [6.07, 6.45) is 0.835. The van der Waals surface area contributed by atoms with Crippen LogP contribution in [0.5, 0.6) is 5.75 Å². The molecule has 0 saturated carbocycles. The summed E-state index contributed by atoms with van der Waals surface area (Å²) in [6.45, 7) is 1.30. The molecule has 0 unspecified atom stereocenters. The van der Waals surface area contributed by atoms with Crippen molar-refractivity contribution in [3.8, 4) is 17.1 Å². The van der Waals surface area contributed by atoms with Gasteiger partial charge in [0.25, 0.3) is 0 Å². The van der Waals surface area contributed by atoms with Crippen molar-refractivity contribution in [2.24, 2.45) is 5.73 Å². The highest BCUT2D eigenvalue weighted by Crippen LogP contribution is 2.25. The Morgan fingerprint density at radius 3 is 2.94 bits per heavy atom. The van der Waals surface area contributed by atoms with Gasteiger partial charge in [0.1, 0.15) is 5.75 Å². The lowest BCUT2D eigenvalue weighted by Gasteiger charge is -2.03. The first kappa shape index (κ1) is 11.5. The number of rotatable bonds is 5. The minimum atomic E-state index is 0.569. The van der Waals surface area contributed by atoms with E-state index >= 15 is 0 Å². The number of methoxy groups -OCH3 is 1. The standard InChI is InChI=1S/C11H15N5O/c1-17-10-6-3-2-5-9(10)11-13-15-16(14-11)8-4-7-12/h2-3,5-6H,4,7-8,12H2,1H3. The molecule has 0 aliphatic rings. The van der Waals surface area contributed by atoms with Crippen LogP contribution in [0.2, 0.25) is 0 Å². The second-order valence-electron chi connectivity index (χ2n) is 3.55. The number of tetrazole rings is 1. The molecule has 1 heterocycles. The van der Waals surface area contributed by atoms with Crippen LogP contribution in [0, 0.1) is 0 Å². The summed E-state index contributed by atoms with van der Waals surface area (Å²) in [5.74, 6) is 1.31. The summed E-state index contributed by atoms with van der Waals surface area (Å²) in [5.41, 5.74) is 6.27. The van der Waals surface area contributed by atoms with Crippen LogP contribution in [0.4, 0.5) is 0 Å². The van der Waals surface area contributed by atoms with Crippen LogP contribution in [0.25, 0.3) is 11.4 Å². The number of hydrogen-bond acceptors (Lipinski definition) is 5. The van der Waals surface area contributed by atoms with Crippen molar-refractivity contribution in [2.75, 3.05) is 13.7 Å². The van der Waals surface area contributed by atoms with Gasteiger partial charge in [0, 0.05) is 0 Å². The zero-order chi connectivity index (χ0) is 12.1. The van der Waals surface area contributed by atoms with Gasteiger partial charge in [-0.25, -0.2) is 0 Å². The summed E-state index contributed by atoms with van der Waals surface area (Å²) in [7, 11) is 1.62. The molecule has 17 heavy (non-hydrogen) atoms. The average Bonchev–Trinajstić information content (AvgIpc) is 2.85. The molecule has 2 rings (SSSR count). The van der Waals surface area contributed by atoms with E-state index in [1.165, 1.54) is 0 Å². The van der Waals surface area contributed by atoms with Gasteiger partial charge in [0.05, 0.1) is 19.2 Å². The normalized spacial score (nSPS) is 10.5. The van der Waals surface area contributed by atoms with Crippen molar-refractivity contribution in [3.05, 3.63) is 24.3 Å². The predicted molar refractivity (Wildman–Crippen MR) is 63.5 cm³/mol. The van der Waals surface area contributed by atoms with Crippen molar-refractivity contribution in [1.29, 1.82) is 0 Å². The smallest absolute Gasteiger partial charge is 0.208 e. The lowest BCUT2D eigenvalue weighted by Crippen LogP contribution is -2.08. The molecular weight excluding hydrogens is 218 g/mol. The van der Waals surface area contributed by atoms with Gasteiger partial charge in [-0.05, 0) is 30.3 Å². The molecule has 0 saturated heterocycles. The van der Waals surface area contributed by atoms with Crippen LogP contribution in [-0.2, 0) is 6.54 Å². The van der Waals surface area contributed by atoms with Gasteiger partial charge in [-0.3, -0.25) is 0 Å². The molecule has 6 heteroatoms. The molecule has 90 valence electrons. The molecule has 6 nitrogen and oxygen atoms in total. The topological polar surface area (TPSA) is 78.9 Å². The number of benzene rings is 1. The molecule has 0 atom stereocenters. The maximum Gasteiger partial charge on any atom is 0.208 e. The maximum atomic E-state index is 5.43. The Morgan fingerprint density at radius 1 is 1.35 bits per heavy atom. The molecule has 0 aliphatic carbocycles. The molecule has 2 N–H and O–H groups in total. The van der Waals surface area contributed by atoms with Crippen LogP contribution in [-0.4, -0.2) is 33.9 Å².